The Balaban J connectivity index is 1.83. The normalized spacial score (nSPS) is 10.4. The van der Waals surface area contributed by atoms with Gasteiger partial charge in [-0.25, -0.2) is 4.79 Å². The zero-order valence-corrected chi connectivity index (χ0v) is 18.6. The Bertz CT molecular complexity index is 1110. The lowest BCUT2D eigenvalue weighted by Gasteiger charge is -2.11. The topological polar surface area (TPSA) is 93.5 Å². The van der Waals surface area contributed by atoms with Gasteiger partial charge in [0.05, 0.1) is 17.1 Å². The van der Waals surface area contributed by atoms with Gasteiger partial charge in [0.1, 0.15) is 10.7 Å². The van der Waals surface area contributed by atoms with Crippen molar-refractivity contribution in [1.29, 1.82) is 0 Å². The second kappa shape index (κ2) is 10.1. The Morgan fingerprint density at radius 2 is 1.90 bits per heavy atom. The maximum Gasteiger partial charge on any atom is 0.341 e. The van der Waals surface area contributed by atoms with E-state index in [4.69, 9.17) is 17.0 Å². The predicted octanol–water partition coefficient (Wildman–Crippen LogP) is 5.54. The number of ether oxygens (including phenoxy) is 1. The molecule has 0 spiro atoms. The average molecular weight is 456 g/mol. The van der Waals surface area contributed by atoms with E-state index in [-0.39, 0.29) is 23.1 Å². The van der Waals surface area contributed by atoms with E-state index >= 15 is 0 Å². The van der Waals surface area contributed by atoms with E-state index in [1.165, 1.54) is 17.4 Å². The molecular formula is C22H21N3O4S2. The number of thiocarbonyl (C=S) groups is 1. The van der Waals surface area contributed by atoms with Crippen molar-refractivity contribution in [3.8, 4) is 0 Å². The van der Waals surface area contributed by atoms with Crippen LogP contribution in [0.1, 0.15) is 33.3 Å². The van der Waals surface area contributed by atoms with Gasteiger partial charge in [-0.15, -0.1) is 11.3 Å². The van der Waals surface area contributed by atoms with Gasteiger partial charge in [0.2, 0.25) is 0 Å². The molecule has 0 saturated heterocycles. The molecule has 1 aromatic heterocycles. The second-order valence-corrected chi connectivity index (χ2v) is 8.24. The smallest absolute Gasteiger partial charge is 0.341 e. The first kappa shape index (κ1) is 22.4. The number of hydrogen-bond acceptors (Lipinski definition) is 6. The summed E-state index contributed by atoms with van der Waals surface area (Å²) in [6, 6.07) is 16.5. The summed E-state index contributed by atoms with van der Waals surface area (Å²) in [4.78, 5) is 24.3. The van der Waals surface area contributed by atoms with Crippen LogP contribution in [-0.2, 0) is 11.2 Å². The molecule has 0 fully saturated rings. The Morgan fingerprint density at radius 3 is 2.58 bits per heavy atom. The van der Waals surface area contributed by atoms with Crippen LogP contribution in [-0.4, -0.2) is 22.6 Å². The van der Waals surface area contributed by atoms with E-state index < -0.39 is 10.9 Å². The number of nitro groups is 1. The van der Waals surface area contributed by atoms with Crippen LogP contribution in [0.4, 0.5) is 16.4 Å². The number of carbonyl (C=O) groups excluding carboxylic acids is 1. The Hall–Kier alpha value is -3.30. The molecule has 1 heterocycles. The first-order valence-electron chi connectivity index (χ1n) is 9.54. The molecule has 0 aliphatic heterocycles. The van der Waals surface area contributed by atoms with E-state index in [1.807, 2.05) is 30.3 Å². The molecule has 3 aromatic rings. The van der Waals surface area contributed by atoms with Gasteiger partial charge in [-0.2, -0.15) is 0 Å². The monoisotopic (exact) mass is 455 g/mol. The summed E-state index contributed by atoms with van der Waals surface area (Å²) in [6.45, 7) is 3.77. The lowest BCUT2D eigenvalue weighted by atomic mass is 10.1. The van der Waals surface area contributed by atoms with Crippen molar-refractivity contribution in [2.45, 2.75) is 20.3 Å². The standard InChI is InChI=1S/C22H21N3O4S2/c1-3-29-21(26)17-13-16(12-15-7-5-4-6-8-15)31-20(17)24-22(30)23-18-10-9-14(2)11-19(18)25(27)28/h4-11,13H,3,12H2,1-2H3,(H2,23,24,30). The molecule has 0 aliphatic carbocycles. The molecule has 0 bridgehead atoms. The summed E-state index contributed by atoms with van der Waals surface area (Å²) in [6.07, 6.45) is 0.656. The first-order chi connectivity index (χ1) is 14.9. The van der Waals surface area contributed by atoms with Crippen molar-refractivity contribution in [2.24, 2.45) is 0 Å². The number of carbonyl (C=O) groups is 1. The molecule has 0 aliphatic rings. The fraction of sp³-hybridized carbons (Fsp3) is 0.182. The largest absolute Gasteiger partial charge is 0.462 e. The fourth-order valence-corrected chi connectivity index (χ4v) is 4.29. The van der Waals surface area contributed by atoms with E-state index in [0.717, 1.165) is 16.0 Å². The number of rotatable bonds is 7. The van der Waals surface area contributed by atoms with Crippen LogP contribution >= 0.6 is 23.6 Å². The number of nitro benzene ring substituents is 1. The van der Waals surface area contributed by atoms with Crippen LogP contribution in [0.25, 0.3) is 0 Å². The number of aryl methyl sites for hydroxylation is 1. The molecule has 7 nitrogen and oxygen atoms in total. The van der Waals surface area contributed by atoms with Gasteiger partial charge in [0.15, 0.2) is 5.11 Å². The minimum Gasteiger partial charge on any atom is -0.462 e. The van der Waals surface area contributed by atoms with Gasteiger partial charge in [0, 0.05) is 17.4 Å². The van der Waals surface area contributed by atoms with Crippen LogP contribution in [0.2, 0.25) is 0 Å². The van der Waals surface area contributed by atoms with Gasteiger partial charge in [-0.05, 0) is 49.3 Å². The Kier molecular flexibility index (Phi) is 7.32. The summed E-state index contributed by atoms with van der Waals surface area (Å²) < 4.78 is 5.17. The molecule has 2 aromatic carbocycles. The van der Waals surface area contributed by atoms with Crippen LogP contribution in [0.15, 0.2) is 54.6 Å². The quantitative estimate of drug-likeness (QED) is 0.209. The highest BCUT2D eigenvalue weighted by Crippen LogP contribution is 2.31. The van der Waals surface area contributed by atoms with Crippen LogP contribution in [0.5, 0.6) is 0 Å². The number of anilines is 2. The van der Waals surface area contributed by atoms with Crippen molar-refractivity contribution < 1.29 is 14.5 Å². The minimum absolute atomic E-state index is 0.0780. The molecule has 0 radical (unpaired) electrons. The van der Waals surface area contributed by atoms with Gasteiger partial charge in [-0.3, -0.25) is 10.1 Å². The SMILES string of the molecule is CCOC(=O)c1cc(Cc2ccccc2)sc1NC(=S)Nc1ccc(C)cc1[N+](=O)[O-]. The molecule has 0 saturated carbocycles. The van der Waals surface area contributed by atoms with E-state index in [2.05, 4.69) is 10.6 Å². The van der Waals surface area contributed by atoms with Crippen molar-refractivity contribution in [1.82, 2.24) is 0 Å². The number of esters is 1. The highest BCUT2D eigenvalue weighted by atomic mass is 32.1. The summed E-state index contributed by atoms with van der Waals surface area (Å²) in [7, 11) is 0. The lowest BCUT2D eigenvalue weighted by molar-refractivity contribution is -0.383. The predicted molar refractivity (Wildman–Crippen MR) is 127 cm³/mol. The summed E-state index contributed by atoms with van der Waals surface area (Å²) in [5.74, 6) is -0.454. The van der Waals surface area contributed by atoms with E-state index in [0.29, 0.717) is 17.0 Å². The van der Waals surface area contributed by atoms with Crippen LogP contribution < -0.4 is 10.6 Å². The number of thiophene rings is 1. The molecule has 3 rings (SSSR count). The molecule has 2 N–H and O–H groups in total. The van der Waals surface area contributed by atoms with E-state index in [9.17, 15) is 14.9 Å². The number of benzene rings is 2. The third-order valence-electron chi connectivity index (χ3n) is 4.32. The van der Waals surface area contributed by atoms with Crippen molar-refractivity contribution in [3.05, 3.63) is 86.3 Å². The second-order valence-electron chi connectivity index (χ2n) is 6.70. The molecule has 0 atom stereocenters. The Labute approximate surface area is 189 Å². The van der Waals surface area contributed by atoms with Crippen molar-refractivity contribution in [3.63, 3.8) is 0 Å². The van der Waals surface area contributed by atoms with Crippen LogP contribution in [0, 0.1) is 17.0 Å². The molecular weight excluding hydrogens is 434 g/mol. The highest BCUT2D eigenvalue weighted by Gasteiger charge is 2.20. The van der Waals surface area contributed by atoms with Gasteiger partial charge in [-0.1, -0.05) is 36.4 Å². The lowest BCUT2D eigenvalue weighted by Crippen LogP contribution is -2.20. The van der Waals surface area contributed by atoms with Crippen molar-refractivity contribution in [2.75, 3.05) is 17.2 Å². The minimum atomic E-state index is -0.467. The molecule has 9 heteroatoms. The zero-order chi connectivity index (χ0) is 22.4. The fourth-order valence-electron chi connectivity index (χ4n) is 2.93. The third kappa shape index (κ3) is 5.87. The summed E-state index contributed by atoms with van der Waals surface area (Å²) in [5.41, 5.74) is 2.45. The van der Waals surface area contributed by atoms with Gasteiger partial charge in [0.25, 0.3) is 5.69 Å². The maximum atomic E-state index is 12.4. The first-order valence-corrected chi connectivity index (χ1v) is 10.8. The van der Waals surface area contributed by atoms with Crippen molar-refractivity contribution >= 4 is 51.0 Å². The summed E-state index contributed by atoms with van der Waals surface area (Å²) >= 11 is 6.74. The maximum absolute atomic E-state index is 12.4. The summed E-state index contributed by atoms with van der Waals surface area (Å²) in [5, 5.41) is 17.9. The van der Waals surface area contributed by atoms with Gasteiger partial charge < -0.3 is 15.4 Å². The molecule has 0 unspecified atom stereocenters. The third-order valence-corrected chi connectivity index (χ3v) is 5.58. The molecule has 0 amide bonds. The van der Waals surface area contributed by atoms with E-state index in [1.54, 1.807) is 32.0 Å². The van der Waals surface area contributed by atoms with Gasteiger partial charge >= 0.3 is 5.97 Å². The number of nitrogens with one attached hydrogen (secondary N) is 2. The number of nitrogens with zero attached hydrogens (tertiary/aromatic N) is 1. The highest BCUT2D eigenvalue weighted by molar-refractivity contribution is 7.80. The number of hydrogen-bond donors (Lipinski definition) is 2. The molecule has 31 heavy (non-hydrogen) atoms. The zero-order valence-electron chi connectivity index (χ0n) is 17.0. The Morgan fingerprint density at radius 1 is 1.16 bits per heavy atom. The van der Waals surface area contributed by atoms with Crippen LogP contribution in [0.3, 0.4) is 0 Å². The molecule has 160 valence electrons. The average Bonchev–Trinajstić information content (AvgIpc) is 3.12.